The molecule has 1 N–H and O–H groups in total. The summed E-state index contributed by atoms with van der Waals surface area (Å²) in [4.78, 5) is 22.9. The molecule has 0 fully saturated rings. The van der Waals surface area contributed by atoms with E-state index in [1.165, 1.54) is 0 Å². The molecule has 1 heterocycles. The highest BCUT2D eigenvalue weighted by Crippen LogP contribution is 2.22. The van der Waals surface area contributed by atoms with Crippen molar-refractivity contribution in [1.82, 2.24) is 5.32 Å². The molecule has 0 aliphatic rings. The van der Waals surface area contributed by atoms with Crippen LogP contribution in [0.5, 0.6) is 0 Å². The zero-order chi connectivity index (χ0) is 14.5. The van der Waals surface area contributed by atoms with E-state index in [0.717, 1.165) is 22.1 Å². The Labute approximate surface area is 116 Å². The second-order valence-electron chi connectivity index (χ2n) is 4.52. The number of hydrogen-bond acceptors (Lipinski definition) is 4. The average Bonchev–Trinajstić information content (AvgIpc) is 2.79. The molecule has 0 unspecified atom stereocenters. The van der Waals surface area contributed by atoms with Gasteiger partial charge >= 0.3 is 5.97 Å². The van der Waals surface area contributed by atoms with Gasteiger partial charge in [-0.1, -0.05) is 11.6 Å². The number of carbonyl (C=O) groups excluding carboxylic acids is 2. The molecule has 1 aromatic heterocycles. The van der Waals surface area contributed by atoms with E-state index in [0.29, 0.717) is 6.61 Å². The smallest absolute Gasteiger partial charge is 0.325 e. The van der Waals surface area contributed by atoms with Crippen LogP contribution in [0.15, 0.2) is 28.9 Å². The van der Waals surface area contributed by atoms with Crippen LogP contribution in [0.2, 0.25) is 0 Å². The van der Waals surface area contributed by atoms with Crippen LogP contribution in [0.1, 0.15) is 18.1 Å². The van der Waals surface area contributed by atoms with Gasteiger partial charge in [-0.3, -0.25) is 9.59 Å². The van der Waals surface area contributed by atoms with Crippen molar-refractivity contribution >= 4 is 22.8 Å². The van der Waals surface area contributed by atoms with Crippen molar-refractivity contribution < 1.29 is 18.7 Å². The van der Waals surface area contributed by atoms with Crippen molar-refractivity contribution in [2.45, 2.75) is 20.3 Å². The van der Waals surface area contributed by atoms with Crippen molar-refractivity contribution in [1.29, 1.82) is 0 Å². The van der Waals surface area contributed by atoms with Crippen LogP contribution >= 0.6 is 0 Å². The van der Waals surface area contributed by atoms with Gasteiger partial charge in [0, 0.05) is 10.9 Å². The van der Waals surface area contributed by atoms with Gasteiger partial charge in [0.25, 0.3) is 0 Å². The van der Waals surface area contributed by atoms with E-state index in [-0.39, 0.29) is 18.9 Å². The fourth-order valence-corrected chi connectivity index (χ4v) is 1.95. The summed E-state index contributed by atoms with van der Waals surface area (Å²) in [5.41, 5.74) is 2.67. The van der Waals surface area contributed by atoms with Crippen molar-refractivity contribution in [3.05, 3.63) is 35.6 Å². The predicted octanol–water partition coefficient (Wildman–Crippen LogP) is 1.96. The minimum atomic E-state index is -0.436. The fourth-order valence-electron chi connectivity index (χ4n) is 1.95. The second kappa shape index (κ2) is 6.23. The Morgan fingerprint density at radius 2 is 2.15 bits per heavy atom. The average molecular weight is 275 g/mol. The summed E-state index contributed by atoms with van der Waals surface area (Å²) in [6.45, 7) is 3.90. The Kier molecular flexibility index (Phi) is 4.40. The summed E-state index contributed by atoms with van der Waals surface area (Å²) < 4.78 is 10.1. The van der Waals surface area contributed by atoms with Crippen LogP contribution < -0.4 is 5.32 Å². The molecule has 0 aliphatic heterocycles. The number of carbonyl (C=O) groups is 2. The molecule has 0 atom stereocenters. The summed E-state index contributed by atoms with van der Waals surface area (Å²) >= 11 is 0. The van der Waals surface area contributed by atoms with E-state index in [2.05, 4.69) is 5.32 Å². The Hall–Kier alpha value is -2.30. The number of furan rings is 1. The SMILES string of the molecule is CCOC(=O)CNC(=O)Cc1coc2ccc(C)cc12. The maximum Gasteiger partial charge on any atom is 0.325 e. The van der Waals surface area contributed by atoms with Gasteiger partial charge in [-0.15, -0.1) is 0 Å². The maximum absolute atomic E-state index is 11.8. The molecular formula is C15H17NO4. The minimum absolute atomic E-state index is 0.110. The number of ether oxygens (including phenoxy) is 1. The first-order chi connectivity index (χ1) is 9.60. The molecule has 20 heavy (non-hydrogen) atoms. The number of hydrogen-bond donors (Lipinski definition) is 1. The van der Waals surface area contributed by atoms with Gasteiger partial charge in [0.15, 0.2) is 0 Å². The molecule has 0 aliphatic carbocycles. The maximum atomic E-state index is 11.8. The molecule has 0 bridgehead atoms. The second-order valence-corrected chi connectivity index (χ2v) is 4.52. The van der Waals surface area contributed by atoms with Gasteiger partial charge in [-0.2, -0.15) is 0 Å². The van der Waals surface area contributed by atoms with Crippen LogP contribution in [0, 0.1) is 6.92 Å². The lowest BCUT2D eigenvalue weighted by Crippen LogP contribution is -2.31. The number of benzene rings is 1. The normalized spacial score (nSPS) is 10.5. The van der Waals surface area contributed by atoms with E-state index in [4.69, 9.17) is 9.15 Å². The molecule has 5 nitrogen and oxygen atoms in total. The van der Waals surface area contributed by atoms with Crippen molar-refractivity contribution in [2.24, 2.45) is 0 Å². The van der Waals surface area contributed by atoms with E-state index in [1.807, 2.05) is 25.1 Å². The highest BCUT2D eigenvalue weighted by atomic mass is 16.5. The van der Waals surface area contributed by atoms with E-state index < -0.39 is 5.97 Å². The largest absolute Gasteiger partial charge is 0.465 e. The van der Waals surface area contributed by atoms with Crippen LogP contribution in [-0.2, 0) is 20.7 Å². The van der Waals surface area contributed by atoms with E-state index in [9.17, 15) is 9.59 Å². The zero-order valence-electron chi connectivity index (χ0n) is 11.6. The van der Waals surface area contributed by atoms with Gasteiger partial charge in [0.05, 0.1) is 19.3 Å². The van der Waals surface area contributed by atoms with E-state index >= 15 is 0 Å². The molecule has 1 aromatic carbocycles. The lowest BCUT2D eigenvalue weighted by atomic mass is 10.1. The van der Waals surface area contributed by atoms with Crippen molar-refractivity contribution in [3.63, 3.8) is 0 Å². The molecule has 0 saturated carbocycles. The van der Waals surface area contributed by atoms with Crippen molar-refractivity contribution in [3.8, 4) is 0 Å². The molecule has 0 saturated heterocycles. The van der Waals surface area contributed by atoms with Gasteiger partial charge in [0.1, 0.15) is 12.1 Å². The third-order valence-corrected chi connectivity index (χ3v) is 2.90. The fraction of sp³-hybridized carbons (Fsp3) is 0.333. The highest BCUT2D eigenvalue weighted by molar-refractivity contribution is 5.89. The molecule has 5 heteroatoms. The monoisotopic (exact) mass is 275 g/mol. The number of esters is 1. The first kappa shape index (κ1) is 14.1. The molecule has 0 radical (unpaired) electrons. The molecular weight excluding hydrogens is 258 g/mol. The van der Waals surface area contributed by atoms with Gasteiger partial charge < -0.3 is 14.5 Å². The van der Waals surface area contributed by atoms with Crippen LogP contribution in [0.25, 0.3) is 11.0 Å². The van der Waals surface area contributed by atoms with Crippen LogP contribution in [0.3, 0.4) is 0 Å². The first-order valence-electron chi connectivity index (χ1n) is 6.49. The number of rotatable bonds is 5. The molecule has 106 valence electrons. The number of amides is 1. The summed E-state index contributed by atoms with van der Waals surface area (Å²) in [7, 11) is 0. The summed E-state index contributed by atoms with van der Waals surface area (Å²) in [6, 6.07) is 5.81. The van der Waals surface area contributed by atoms with Crippen molar-refractivity contribution in [2.75, 3.05) is 13.2 Å². The third kappa shape index (κ3) is 3.38. The lowest BCUT2D eigenvalue weighted by Gasteiger charge is -2.04. The topological polar surface area (TPSA) is 68.5 Å². The summed E-state index contributed by atoms with van der Waals surface area (Å²) in [6.07, 6.45) is 1.75. The van der Waals surface area contributed by atoms with Gasteiger partial charge in [-0.05, 0) is 26.0 Å². The molecule has 1 amide bonds. The quantitative estimate of drug-likeness (QED) is 0.847. The first-order valence-corrected chi connectivity index (χ1v) is 6.49. The molecule has 2 aromatic rings. The Bertz CT molecular complexity index is 630. The van der Waals surface area contributed by atoms with Gasteiger partial charge in [-0.25, -0.2) is 0 Å². The Balaban J connectivity index is 1.99. The Morgan fingerprint density at radius 3 is 2.90 bits per heavy atom. The van der Waals surface area contributed by atoms with Gasteiger partial charge in [0.2, 0.25) is 5.91 Å². The highest BCUT2D eigenvalue weighted by Gasteiger charge is 2.11. The van der Waals surface area contributed by atoms with Crippen LogP contribution in [0.4, 0.5) is 0 Å². The lowest BCUT2D eigenvalue weighted by molar-refractivity contribution is -0.143. The number of nitrogens with one attached hydrogen (secondary N) is 1. The summed E-state index contributed by atoms with van der Waals surface area (Å²) in [5.74, 6) is -0.670. The minimum Gasteiger partial charge on any atom is -0.465 e. The summed E-state index contributed by atoms with van der Waals surface area (Å²) in [5, 5.41) is 3.46. The zero-order valence-corrected chi connectivity index (χ0v) is 11.6. The van der Waals surface area contributed by atoms with Crippen LogP contribution in [-0.4, -0.2) is 25.0 Å². The molecule has 2 rings (SSSR count). The van der Waals surface area contributed by atoms with E-state index in [1.54, 1.807) is 13.2 Å². The number of aryl methyl sites for hydroxylation is 1. The third-order valence-electron chi connectivity index (χ3n) is 2.90. The molecule has 0 spiro atoms. The standard InChI is InChI=1S/C15H17NO4/c1-3-19-15(18)8-16-14(17)7-11-9-20-13-5-4-10(2)6-12(11)13/h4-6,9H,3,7-8H2,1-2H3,(H,16,17). The Morgan fingerprint density at radius 1 is 1.35 bits per heavy atom. The number of fused-ring (bicyclic) bond motifs is 1. The predicted molar refractivity (Wildman–Crippen MR) is 74.3 cm³/mol.